The van der Waals surface area contributed by atoms with Gasteiger partial charge >= 0.3 is 0 Å². The number of carbonyl (C=O) groups is 1. The van der Waals surface area contributed by atoms with Crippen LogP contribution in [0.2, 0.25) is 5.02 Å². The van der Waals surface area contributed by atoms with E-state index < -0.39 is 10.9 Å². The quantitative estimate of drug-likeness (QED) is 0.639. The van der Waals surface area contributed by atoms with E-state index in [4.69, 9.17) is 16.3 Å². The molecule has 1 N–H and O–H groups in total. The molecule has 0 heterocycles. The first-order chi connectivity index (χ1) is 10.0. The van der Waals surface area contributed by atoms with Crippen molar-refractivity contribution in [1.82, 2.24) is 0 Å². The van der Waals surface area contributed by atoms with Gasteiger partial charge in [0.05, 0.1) is 13.2 Å². The minimum atomic E-state index is -0.947. The van der Waals surface area contributed by atoms with Crippen LogP contribution in [0.25, 0.3) is 0 Å². The van der Waals surface area contributed by atoms with E-state index in [2.05, 4.69) is 15.9 Å². The third kappa shape index (κ3) is 3.84. The molecule has 2 atom stereocenters. The number of halogens is 2. The highest BCUT2D eigenvalue weighted by molar-refractivity contribution is 9.10. The highest BCUT2D eigenvalue weighted by atomic mass is 79.9. The average molecular weight is 370 g/mol. The Kier molecular flexibility index (Phi) is 5.39. The molecule has 0 unspecified atom stereocenters. The van der Waals surface area contributed by atoms with E-state index in [1.54, 1.807) is 55.6 Å². The molecule has 0 amide bonds. The van der Waals surface area contributed by atoms with Gasteiger partial charge in [0, 0.05) is 10.6 Å². The van der Waals surface area contributed by atoms with Gasteiger partial charge in [-0.05, 0) is 42.0 Å². The molecule has 0 saturated carbocycles. The molecule has 2 rings (SSSR count). The summed E-state index contributed by atoms with van der Waals surface area (Å²) in [5, 5.41) is 10.9. The van der Waals surface area contributed by atoms with Gasteiger partial charge in [-0.2, -0.15) is 0 Å². The summed E-state index contributed by atoms with van der Waals surface area (Å²) in [7, 11) is 1.56. The third-order valence-corrected chi connectivity index (χ3v) is 4.28. The Morgan fingerprint density at radius 3 is 2.24 bits per heavy atom. The zero-order chi connectivity index (χ0) is 15.4. The molecular weight excluding hydrogens is 356 g/mol. The number of rotatable bonds is 5. The fraction of sp³-hybridized carbons (Fsp3) is 0.188. The van der Waals surface area contributed by atoms with Crippen molar-refractivity contribution in [2.24, 2.45) is 0 Å². The average Bonchev–Trinajstić information content (AvgIpc) is 2.53. The van der Waals surface area contributed by atoms with Crippen LogP contribution in [0.1, 0.15) is 22.0 Å². The SMILES string of the molecule is COc1ccc(C(=O)[C@H](Br)[C@@H](O)c2ccc(Cl)cc2)cc1. The van der Waals surface area contributed by atoms with Crippen LogP contribution in [0.4, 0.5) is 0 Å². The minimum Gasteiger partial charge on any atom is -0.497 e. The first-order valence-corrected chi connectivity index (χ1v) is 7.58. The van der Waals surface area contributed by atoms with Crippen molar-refractivity contribution >= 4 is 33.3 Å². The van der Waals surface area contributed by atoms with Crippen LogP contribution in [0.5, 0.6) is 5.75 Å². The van der Waals surface area contributed by atoms with Crippen LogP contribution in [0, 0.1) is 0 Å². The molecular formula is C16H14BrClO3. The molecule has 110 valence electrons. The maximum absolute atomic E-state index is 12.4. The second-order valence-electron chi connectivity index (χ2n) is 4.49. The Morgan fingerprint density at radius 1 is 1.14 bits per heavy atom. The summed E-state index contributed by atoms with van der Waals surface area (Å²) in [6.45, 7) is 0. The Balaban J connectivity index is 2.15. The number of hydrogen-bond donors (Lipinski definition) is 1. The van der Waals surface area contributed by atoms with Crippen LogP contribution in [0.15, 0.2) is 48.5 Å². The van der Waals surface area contributed by atoms with Crippen molar-refractivity contribution in [3.8, 4) is 5.75 Å². The molecule has 0 aliphatic rings. The summed E-state index contributed by atoms with van der Waals surface area (Å²) in [6, 6.07) is 13.5. The van der Waals surface area contributed by atoms with Crippen LogP contribution in [0.3, 0.4) is 0 Å². The van der Waals surface area contributed by atoms with E-state index >= 15 is 0 Å². The molecule has 0 aliphatic carbocycles. The molecule has 0 fully saturated rings. The predicted octanol–water partition coefficient (Wildman–Crippen LogP) is 4.03. The summed E-state index contributed by atoms with van der Waals surface area (Å²) in [4.78, 5) is 11.6. The summed E-state index contributed by atoms with van der Waals surface area (Å²) in [5.74, 6) is 0.482. The van der Waals surface area contributed by atoms with Crippen molar-refractivity contribution in [3.63, 3.8) is 0 Å². The topological polar surface area (TPSA) is 46.5 Å². The highest BCUT2D eigenvalue weighted by Crippen LogP contribution is 2.27. The number of aliphatic hydroxyl groups is 1. The number of hydrogen-bond acceptors (Lipinski definition) is 3. The minimum absolute atomic E-state index is 0.194. The summed E-state index contributed by atoms with van der Waals surface area (Å²) in [6.07, 6.45) is -0.947. The van der Waals surface area contributed by atoms with Gasteiger partial charge in [0.2, 0.25) is 0 Å². The Labute approximate surface area is 136 Å². The van der Waals surface area contributed by atoms with Crippen LogP contribution in [-0.2, 0) is 0 Å². The van der Waals surface area contributed by atoms with Crippen LogP contribution in [-0.4, -0.2) is 22.8 Å². The predicted molar refractivity (Wildman–Crippen MR) is 86.5 cm³/mol. The zero-order valence-electron chi connectivity index (χ0n) is 11.3. The molecule has 0 bridgehead atoms. The van der Waals surface area contributed by atoms with Gasteiger partial charge in [-0.25, -0.2) is 0 Å². The van der Waals surface area contributed by atoms with Crippen molar-refractivity contribution in [3.05, 3.63) is 64.7 Å². The normalized spacial score (nSPS) is 13.5. The monoisotopic (exact) mass is 368 g/mol. The first-order valence-electron chi connectivity index (χ1n) is 6.29. The fourth-order valence-electron chi connectivity index (χ4n) is 1.89. The molecule has 3 nitrogen and oxygen atoms in total. The molecule has 0 aliphatic heterocycles. The van der Waals surface area contributed by atoms with Gasteiger partial charge in [0.1, 0.15) is 10.6 Å². The largest absolute Gasteiger partial charge is 0.497 e. The van der Waals surface area contributed by atoms with Crippen molar-refractivity contribution < 1.29 is 14.6 Å². The van der Waals surface area contributed by atoms with E-state index in [-0.39, 0.29) is 5.78 Å². The lowest BCUT2D eigenvalue weighted by molar-refractivity contribution is 0.0902. The molecule has 0 aromatic heterocycles. The standard InChI is InChI=1S/C16H14BrClO3/c1-21-13-8-4-11(5-9-13)16(20)14(17)15(19)10-2-6-12(18)7-3-10/h2-9,14-15,19H,1H3/t14-,15+/m1/s1. The van der Waals surface area contributed by atoms with Crippen molar-refractivity contribution in [2.75, 3.05) is 7.11 Å². The Bertz CT molecular complexity index is 610. The van der Waals surface area contributed by atoms with Crippen LogP contribution < -0.4 is 4.74 Å². The maximum atomic E-state index is 12.4. The van der Waals surface area contributed by atoms with E-state index in [9.17, 15) is 9.90 Å². The van der Waals surface area contributed by atoms with Gasteiger partial charge in [-0.3, -0.25) is 4.79 Å². The molecule has 0 spiro atoms. The van der Waals surface area contributed by atoms with E-state index in [0.717, 1.165) is 0 Å². The summed E-state index contributed by atoms with van der Waals surface area (Å²) >= 11 is 9.08. The molecule has 0 saturated heterocycles. The number of ether oxygens (including phenoxy) is 1. The zero-order valence-corrected chi connectivity index (χ0v) is 13.6. The van der Waals surface area contributed by atoms with E-state index in [1.165, 1.54) is 0 Å². The van der Waals surface area contributed by atoms with Crippen molar-refractivity contribution in [2.45, 2.75) is 10.9 Å². The molecule has 21 heavy (non-hydrogen) atoms. The van der Waals surface area contributed by atoms with Gasteiger partial charge in [0.25, 0.3) is 0 Å². The van der Waals surface area contributed by atoms with E-state index in [0.29, 0.717) is 21.9 Å². The molecule has 5 heteroatoms. The summed E-state index contributed by atoms with van der Waals surface area (Å²) in [5.41, 5.74) is 1.13. The lowest BCUT2D eigenvalue weighted by Gasteiger charge is -2.17. The number of benzene rings is 2. The highest BCUT2D eigenvalue weighted by Gasteiger charge is 2.26. The number of aliphatic hydroxyl groups excluding tert-OH is 1. The lowest BCUT2D eigenvalue weighted by Crippen LogP contribution is -2.22. The van der Waals surface area contributed by atoms with Gasteiger partial charge in [0.15, 0.2) is 5.78 Å². The number of ketones is 1. The van der Waals surface area contributed by atoms with E-state index in [1.807, 2.05) is 0 Å². The molecule has 2 aromatic carbocycles. The smallest absolute Gasteiger partial charge is 0.179 e. The number of Topliss-reactive ketones (excluding diaryl/α,β-unsaturated/α-hetero) is 1. The third-order valence-electron chi connectivity index (χ3n) is 3.11. The van der Waals surface area contributed by atoms with Gasteiger partial charge < -0.3 is 9.84 Å². The number of alkyl halides is 1. The molecule has 2 aromatic rings. The lowest BCUT2D eigenvalue weighted by atomic mass is 10.00. The maximum Gasteiger partial charge on any atom is 0.179 e. The Morgan fingerprint density at radius 2 is 1.71 bits per heavy atom. The van der Waals surface area contributed by atoms with Gasteiger partial charge in [-0.1, -0.05) is 39.7 Å². The van der Waals surface area contributed by atoms with Crippen LogP contribution >= 0.6 is 27.5 Å². The van der Waals surface area contributed by atoms with Crippen molar-refractivity contribution in [1.29, 1.82) is 0 Å². The summed E-state index contributed by atoms with van der Waals surface area (Å²) < 4.78 is 5.05. The van der Waals surface area contributed by atoms with Gasteiger partial charge in [-0.15, -0.1) is 0 Å². The second-order valence-corrected chi connectivity index (χ2v) is 5.91. The second kappa shape index (κ2) is 7.07. The fourth-order valence-corrected chi connectivity index (χ4v) is 2.58. The Hall–Kier alpha value is -1.36. The molecule has 0 radical (unpaired) electrons. The first kappa shape index (κ1) is 16.0. The number of methoxy groups -OCH3 is 1. The number of carbonyl (C=O) groups excluding carboxylic acids is 1.